The van der Waals surface area contributed by atoms with E-state index in [9.17, 15) is 14.9 Å². The Hall–Kier alpha value is -1.71. The maximum absolute atomic E-state index is 12.0. The molecule has 1 fully saturated rings. The summed E-state index contributed by atoms with van der Waals surface area (Å²) in [5, 5.41) is 13.7. The minimum atomic E-state index is -0.408. The van der Waals surface area contributed by atoms with Crippen LogP contribution in [0.15, 0.2) is 24.3 Å². The standard InChI is InChI=1S/C17H24N4O3S2/c1-12(2)18-16(22)11-19-7-8-20(17(25)26)15(10-19)9-13-3-5-14(6-4-13)21(23)24/h3-6,12,15H,7-11H2,1-2H3,(H,18,22)(H,25,26). The highest BCUT2D eigenvalue weighted by atomic mass is 32.1. The summed E-state index contributed by atoms with van der Waals surface area (Å²) in [7, 11) is 0. The molecule has 0 bridgehead atoms. The number of carbonyl (C=O) groups excluding carboxylic acids is 1. The smallest absolute Gasteiger partial charge is 0.269 e. The monoisotopic (exact) mass is 396 g/mol. The molecule has 1 heterocycles. The third-order valence-electron chi connectivity index (χ3n) is 4.25. The quantitative estimate of drug-likeness (QED) is 0.331. The van der Waals surface area contributed by atoms with E-state index in [-0.39, 0.29) is 23.7 Å². The summed E-state index contributed by atoms with van der Waals surface area (Å²) in [6.07, 6.45) is 0.682. The molecule has 1 aliphatic heterocycles. The third-order valence-corrected chi connectivity index (χ3v) is 4.74. The number of piperazine rings is 1. The van der Waals surface area contributed by atoms with Gasteiger partial charge in [-0.25, -0.2) is 0 Å². The lowest BCUT2D eigenvalue weighted by Crippen LogP contribution is -2.56. The van der Waals surface area contributed by atoms with Crippen LogP contribution in [0.1, 0.15) is 19.4 Å². The maximum Gasteiger partial charge on any atom is 0.269 e. The van der Waals surface area contributed by atoms with Crippen molar-refractivity contribution in [2.24, 2.45) is 0 Å². The highest BCUT2D eigenvalue weighted by Crippen LogP contribution is 2.19. The van der Waals surface area contributed by atoms with Gasteiger partial charge in [-0.15, -0.1) is 12.6 Å². The predicted octanol–water partition coefficient (Wildman–Crippen LogP) is 1.86. The Morgan fingerprint density at radius 1 is 1.38 bits per heavy atom. The number of carbonyl (C=O) groups is 1. The van der Waals surface area contributed by atoms with Crippen LogP contribution >= 0.6 is 24.8 Å². The number of benzene rings is 1. The second kappa shape index (κ2) is 9.29. The Morgan fingerprint density at radius 3 is 2.58 bits per heavy atom. The van der Waals surface area contributed by atoms with Crippen LogP contribution in [0.3, 0.4) is 0 Å². The Morgan fingerprint density at radius 2 is 2.04 bits per heavy atom. The van der Waals surface area contributed by atoms with Crippen LogP contribution in [-0.4, -0.2) is 63.2 Å². The van der Waals surface area contributed by atoms with E-state index in [1.165, 1.54) is 12.1 Å². The number of hydrogen-bond donors (Lipinski definition) is 2. The molecular formula is C17H24N4O3S2. The van der Waals surface area contributed by atoms with Gasteiger partial charge in [0.15, 0.2) is 0 Å². The van der Waals surface area contributed by atoms with E-state index in [4.69, 9.17) is 12.2 Å². The zero-order valence-electron chi connectivity index (χ0n) is 14.9. The summed E-state index contributed by atoms with van der Waals surface area (Å²) in [5.41, 5.74) is 1.06. The topological polar surface area (TPSA) is 78.7 Å². The molecule has 1 aromatic carbocycles. The van der Waals surface area contributed by atoms with Gasteiger partial charge in [0.05, 0.1) is 11.5 Å². The number of hydrogen-bond acceptors (Lipinski definition) is 5. The van der Waals surface area contributed by atoms with Gasteiger partial charge in [-0.05, 0) is 25.8 Å². The molecular weight excluding hydrogens is 372 g/mol. The number of thiocarbonyl (C=S) groups is 1. The lowest BCUT2D eigenvalue weighted by molar-refractivity contribution is -0.384. The summed E-state index contributed by atoms with van der Waals surface area (Å²) in [6, 6.07) is 6.74. The highest BCUT2D eigenvalue weighted by Gasteiger charge is 2.29. The minimum Gasteiger partial charge on any atom is -0.353 e. The molecule has 0 spiro atoms. The molecule has 1 unspecified atom stereocenters. The van der Waals surface area contributed by atoms with Gasteiger partial charge in [0, 0.05) is 43.9 Å². The normalized spacial score (nSPS) is 18.0. The molecule has 1 aliphatic rings. The first kappa shape index (κ1) is 20.6. The van der Waals surface area contributed by atoms with Gasteiger partial charge < -0.3 is 10.2 Å². The minimum absolute atomic E-state index is 0.0102. The molecule has 0 radical (unpaired) electrons. The van der Waals surface area contributed by atoms with Crippen LogP contribution in [0, 0.1) is 10.1 Å². The summed E-state index contributed by atoms with van der Waals surface area (Å²) < 4.78 is 0.531. The molecule has 7 nitrogen and oxygen atoms in total. The van der Waals surface area contributed by atoms with Crippen molar-refractivity contribution in [3.63, 3.8) is 0 Å². The summed E-state index contributed by atoms with van der Waals surface area (Å²) in [4.78, 5) is 26.6. The van der Waals surface area contributed by atoms with E-state index in [1.807, 2.05) is 13.8 Å². The van der Waals surface area contributed by atoms with Gasteiger partial charge in [-0.2, -0.15) is 0 Å². The van der Waals surface area contributed by atoms with E-state index in [0.29, 0.717) is 30.4 Å². The molecule has 2 rings (SSSR count). The second-order valence-electron chi connectivity index (χ2n) is 6.71. The summed E-state index contributed by atoms with van der Waals surface area (Å²) in [6.45, 7) is 6.35. The largest absolute Gasteiger partial charge is 0.353 e. The van der Waals surface area contributed by atoms with Crippen LogP contribution in [0.5, 0.6) is 0 Å². The average molecular weight is 397 g/mol. The Balaban J connectivity index is 2.04. The van der Waals surface area contributed by atoms with Crippen molar-refractivity contribution >= 4 is 40.8 Å². The zero-order chi connectivity index (χ0) is 19.3. The van der Waals surface area contributed by atoms with Crippen molar-refractivity contribution in [2.45, 2.75) is 32.4 Å². The number of thiol groups is 1. The van der Waals surface area contributed by atoms with Crippen molar-refractivity contribution < 1.29 is 9.72 Å². The SMILES string of the molecule is CC(C)NC(=O)CN1CCN(C(=S)S)C(Cc2ccc([N+](=O)[O-])cc2)C1. The van der Waals surface area contributed by atoms with E-state index in [2.05, 4.69) is 27.7 Å². The molecule has 9 heteroatoms. The van der Waals surface area contributed by atoms with E-state index < -0.39 is 4.92 Å². The third kappa shape index (κ3) is 5.93. The maximum atomic E-state index is 12.0. The molecule has 142 valence electrons. The van der Waals surface area contributed by atoms with E-state index >= 15 is 0 Å². The average Bonchev–Trinajstić information content (AvgIpc) is 2.54. The first-order valence-corrected chi connectivity index (χ1v) is 9.36. The molecule has 1 amide bonds. The summed E-state index contributed by atoms with van der Waals surface area (Å²) in [5.74, 6) is 0.0102. The lowest BCUT2D eigenvalue weighted by atomic mass is 10.0. The Bertz CT molecular complexity index is 666. The summed E-state index contributed by atoms with van der Waals surface area (Å²) >= 11 is 9.58. The van der Waals surface area contributed by atoms with Gasteiger partial charge in [-0.3, -0.25) is 19.8 Å². The molecule has 0 saturated carbocycles. The number of nitrogens with zero attached hydrogens (tertiary/aromatic N) is 3. The van der Waals surface area contributed by atoms with Crippen LogP contribution in [-0.2, 0) is 11.2 Å². The molecule has 1 saturated heterocycles. The van der Waals surface area contributed by atoms with Crippen LogP contribution in [0.25, 0.3) is 0 Å². The number of amides is 1. The van der Waals surface area contributed by atoms with Crippen molar-refractivity contribution in [3.8, 4) is 0 Å². The number of nitro groups is 1. The predicted molar refractivity (Wildman–Crippen MR) is 109 cm³/mol. The van der Waals surface area contributed by atoms with Gasteiger partial charge in [0.2, 0.25) is 5.91 Å². The molecule has 1 aromatic rings. The van der Waals surface area contributed by atoms with Crippen molar-refractivity contribution in [2.75, 3.05) is 26.2 Å². The van der Waals surface area contributed by atoms with Crippen molar-refractivity contribution in [3.05, 3.63) is 39.9 Å². The lowest BCUT2D eigenvalue weighted by Gasteiger charge is -2.42. The fourth-order valence-electron chi connectivity index (χ4n) is 3.09. The van der Waals surface area contributed by atoms with Crippen LogP contribution in [0.4, 0.5) is 5.69 Å². The first-order chi connectivity index (χ1) is 12.3. The van der Waals surface area contributed by atoms with Crippen molar-refractivity contribution in [1.82, 2.24) is 15.1 Å². The van der Waals surface area contributed by atoms with Gasteiger partial charge in [0.1, 0.15) is 4.32 Å². The number of nitrogens with one attached hydrogen (secondary N) is 1. The fourth-order valence-corrected chi connectivity index (χ4v) is 3.59. The zero-order valence-corrected chi connectivity index (χ0v) is 16.6. The first-order valence-electron chi connectivity index (χ1n) is 8.51. The van der Waals surface area contributed by atoms with Gasteiger partial charge in [0.25, 0.3) is 5.69 Å². The van der Waals surface area contributed by atoms with Crippen molar-refractivity contribution in [1.29, 1.82) is 0 Å². The van der Waals surface area contributed by atoms with E-state index in [1.54, 1.807) is 12.1 Å². The molecule has 1 N–H and O–H groups in total. The number of nitro benzene ring substituents is 1. The number of non-ortho nitro benzene ring substituents is 1. The molecule has 1 atom stereocenters. The fraction of sp³-hybridized carbons (Fsp3) is 0.529. The highest BCUT2D eigenvalue weighted by molar-refractivity contribution is 8.10. The Kier molecular flexibility index (Phi) is 7.36. The molecule has 0 aromatic heterocycles. The molecule has 26 heavy (non-hydrogen) atoms. The van der Waals surface area contributed by atoms with Crippen LogP contribution in [0.2, 0.25) is 0 Å². The van der Waals surface area contributed by atoms with Crippen LogP contribution < -0.4 is 5.32 Å². The number of rotatable bonds is 6. The molecule has 0 aliphatic carbocycles. The Labute approximate surface area is 164 Å². The second-order valence-corrected chi connectivity index (χ2v) is 7.83. The van der Waals surface area contributed by atoms with Gasteiger partial charge >= 0.3 is 0 Å². The van der Waals surface area contributed by atoms with Gasteiger partial charge in [-0.1, -0.05) is 24.4 Å². The van der Waals surface area contributed by atoms with E-state index in [0.717, 1.165) is 12.1 Å².